The Morgan fingerprint density at radius 3 is 3.00 bits per heavy atom. The lowest BCUT2D eigenvalue weighted by Crippen LogP contribution is -2.39. The molecule has 2 aliphatic rings. The number of benzene rings is 1. The third-order valence-corrected chi connectivity index (χ3v) is 5.41. The minimum absolute atomic E-state index is 0.209. The molecular formula is C21H28N4O. The van der Waals surface area contributed by atoms with Gasteiger partial charge in [-0.25, -0.2) is 0 Å². The van der Waals surface area contributed by atoms with Crippen molar-refractivity contribution in [2.24, 2.45) is 5.92 Å². The number of carbonyl (C=O) groups excluding carboxylic acids is 1. The lowest BCUT2D eigenvalue weighted by atomic mass is 10.1. The van der Waals surface area contributed by atoms with E-state index in [1.54, 1.807) is 0 Å². The first kappa shape index (κ1) is 17.3. The van der Waals surface area contributed by atoms with Crippen molar-refractivity contribution in [2.75, 3.05) is 13.1 Å². The maximum atomic E-state index is 11.9. The first-order valence-electron chi connectivity index (χ1n) is 9.74. The highest BCUT2D eigenvalue weighted by molar-refractivity contribution is 5.76. The monoisotopic (exact) mass is 352 g/mol. The van der Waals surface area contributed by atoms with Gasteiger partial charge in [0.1, 0.15) is 0 Å². The molecule has 5 heteroatoms. The van der Waals surface area contributed by atoms with Crippen molar-refractivity contribution in [3.8, 4) is 0 Å². The summed E-state index contributed by atoms with van der Waals surface area (Å²) in [4.78, 5) is 14.4. The Labute approximate surface area is 155 Å². The first-order valence-corrected chi connectivity index (χ1v) is 9.74. The molecule has 1 N–H and O–H groups in total. The van der Waals surface area contributed by atoms with Crippen LogP contribution in [0.1, 0.15) is 48.5 Å². The molecule has 1 aromatic carbocycles. The van der Waals surface area contributed by atoms with Crippen LogP contribution in [0.15, 0.2) is 36.5 Å². The van der Waals surface area contributed by atoms with Gasteiger partial charge in [0, 0.05) is 38.8 Å². The number of nitrogens with zero attached hydrogens (tertiary/aromatic N) is 3. The van der Waals surface area contributed by atoms with E-state index in [0.717, 1.165) is 32.6 Å². The number of rotatable bonds is 7. The highest BCUT2D eigenvalue weighted by Crippen LogP contribution is 2.32. The molecule has 0 saturated heterocycles. The van der Waals surface area contributed by atoms with Gasteiger partial charge in [0.2, 0.25) is 5.91 Å². The van der Waals surface area contributed by atoms with E-state index >= 15 is 0 Å². The standard InChI is InChI=1S/C21H28N4O/c1-16-3-2-4-18(11-16)13-24-14-19(25-20(15-24)8-10-23-25)7-9-22-21(26)12-17-5-6-17/h2-4,8,10-11,17,19H,5-7,9,12-15H2,1H3,(H,22,26). The van der Waals surface area contributed by atoms with E-state index < -0.39 is 0 Å². The van der Waals surface area contributed by atoms with Gasteiger partial charge in [0.25, 0.3) is 0 Å². The first-order chi connectivity index (χ1) is 12.7. The molecule has 0 radical (unpaired) electrons. The van der Waals surface area contributed by atoms with Crippen molar-refractivity contribution in [2.45, 2.75) is 51.7 Å². The van der Waals surface area contributed by atoms with Gasteiger partial charge in [-0.2, -0.15) is 5.10 Å². The third-order valence-electron chi connectivity index (χ3n) is 5.41. The second-order valence-corrected chi connectivity index (χ2v) is 7.87. The van der Waals surface area contributed by atoms with E-state index in [9.17, 15) is 4.79 Å². The molecule has 1 aliphatic carbocycles. The summed E-state index contributed by atoms with van der Waals surface area (Å²) in [5.41, 5.74) is 3.92. The Morgan fingerprint density at radius 2 is 2.19 bits per heavy atom. The van der Waals surface area contributed by atoms with Gasteiger partial charge in [-0.3, -0.25) is 14.4 Å². The number of hydrogen-bond acceptors (Lipinski definition) is 3. The van der Waals surface area contributed by atoms with Crippen LogP contribution in [0.5, 0.6) is 0 Å². The minimum Gasteiger partial charge on any atom is -0.356 e. The number of aromatic nitrogens is 2. The zero-order valence-corrected chi connectivity index (χ0v) is 15.5. The summed E-state index contributed by atoms with van der Waals surface area (Å²) in [7, 11) is 0. The molecule has 26 heavy (non-hydrogen) atoms. The fourth-order valence-corrected chi connectivity index (χ4v) is 3.90. The Bertz CT molecular complexity index is 765. The molecule has 2 aromatic rings. The summed E-state index contributed by atoms with van der Waals surface area (Å²) < 4.78 is 2.15. The van der Waals surface area contributed by atoms with Gasteiger partial charge < -0.3 is 5.32 Å². The molecule has 4 rings (SSSR count). The molecule has 1 atom stereocenters. The van der Waals surface area contributed by atoms with E-state index in [0.29, 0.717) is 18.4 Å². The number of amides is 1. The Balaban J connectivity index is 1.35. The van der Waals surface area contributed by atoms with Gasteiger partial charge in [-0.1, -0.05) is 29.8 Å². The largest absolute Gasteiger partial charge is 0.356 e. The Hall–Kier alpha value is -2.14. The highest BCUT2D eigenvalue weighted by Gasteiger charge is 2.26. The van der Waals surface area contributed by atoms with Crippen molar-refractivity contribution >= 4 is 5.91 Å². The van der Waals surface area contributed by atoms with E-state index in [2.05, 4.69) is 57.3 Å². The molecular weight excluding hydrogens is 324 g/mol. The van der Waals surface area contributed by atoms with E-state index in [-0.39, 0.29) is 5.91 Å². The number of nitrogens with one attached hydrogen (secondary N) is 1. The summed E-state index contributed by atoms with van der Waals surface area (Å²) in [5.74, 6) is 0.854. The Kier molecular flexibility index (Phi) is 5.07. The van der Waals surface area contributed by atoms with Crippen LogP contribution in [-0.4, -0.2) is 33.7 Å². The summed E-state index contributed by atoms with van der Waals surface area (Å²) in [6.45, 7) is 5.73. The quantitative estimate of drug-likeness (QED) is 0.833. The van der Waals surface area contributed by atoms with Crippen LogP contribution in [0.2, 0.25) is 0 Å². The summed E-state index contributed by atoms with van der Waals surface area (Å²) in [6.07, 6.45) is 5.97. The van der Waals surface area contributed by atoms with Gasteiger partial charge >= 0.3 is 0 Å². The average molecular weight is 352 g/mol. The van der Waals surface area contributed by atoms with Crippen LogP contribution in [0.3, 0.4) is 0 Å². The van der Waals surface area contributed by atoms with Crippen LogP contribution >= 0.6 is 0 Å². The summed E-state index contributed by atoms with van der Waals surface area (Å²) in [5, 5.41) is 7.62. The predicted molar refractivity (Wildman–Crippen MR) is 102 cm³/mol. The van der Waals surface area contributed by atoms with Crippen molar-refractivity contribution in [1.29, 1.82) is 0 Å². The SMILES string of the molecule is Cc1cccc(CN2Cc3ccnn3C(CCNC(=O)CC3CC3)C2)c1. The van der Waals surface area contributed by atoms with Gasteiger partial charge in [-0.15, -0.1) is 0 Å². The number of aryl methyl sites for hydroxylation is 1. The second kappa shape index (κ2) is 7.62. The fourth-order valence-electron chi connectivity index (χ4n) is 3.90. The van der Waals surface area contributed by atoms with Crippen LogP contribution in [-0.2, 0) is 17.9 Å². The van der Waals surface area contributed by atoms with Crippen LogP contribution in [0.4, 0.5) is 0 Å². The van der Waals surface area contributed by atoms with Crippen molar-refractivity contribution < 1.29 is 4.79 Å². The van der Waals surface area contributed by atoms with Crippen LogP contribution < -0.4 is 5.32 Å². The van der Waals surface area contributed by atoms with Crippen LogP contribution in [0.25, 0.3) is 0 Å². The van der Waals surface area contributed by atoms with Crippen molar-refractivity contribution in [1.82, 2.24) is 20.0 Å². The molecule has 1 fully saturated rings. The molecule has 5 nitrogen and oxygen atoms in total. The normalized spacial score (nSPS) is 20.0. The number of hydrogen-bond donors (Lipinski definition) is 1. The average Bonchev–Trinajstić information content (AvgIpc) is 3.28. The number of carbonyl (C=O) groups is 1. The molecule has 2 heterocycles. The molecule has 0 spiro atoms. The lowest BCUT2D eigenvalue weighted by Gasteiger charge is -2.34. The van der Waals surface area contributed by atoms with E-state index in [1.807, 2.05) is 6.20 Å². The summed E-state index contributed by atoms with van der Waals surface area (Å²) >= 11 is 0. The van der Waals surface area contributed by atoms with Gasteiger partial charge in [0.05, 0.1) is 11.7 Å². The molecule has 1 aliphatic heterocycles. The van der Waals surface area contributed by atoms with Crippen molar-refractivity contribution in [3.05, 3.63) is 53.3 Å². The highest BCUT2D eigenvalue weighted by atomic mass is 16.1. The molecule has 1 unspecified atom stereocenters. The topological polar surface area (TPSA) is 50.2 Å². The van der Waals surface area contributed by atoms with Crippen LogP contribution in [0, 0.1) is 12.8 Å². The molecule has 1 aromatic heterocycles. The second-order valence-electron chi connectivity index (χ2n) is 7.87. The minimum atomic E-state index is 0.209. The van der Waals surface area contributed by atoms with Crippen molar-refractivity contribution in [3.63, 3.8) is 0 Å². The van der Waals surface area contributed by atoms with E-state index in [4.69, 9.17) is 0 Å². The fraction of sp³-hybridized carbons (Fsp3) is 0.524. The molecule has 138 valence electrons. The zero-order valence-electron chi connectivity index (χ0n) is 15.5. The maximum Gasteiger partial charge on any atom is 0.220 e. The third kappa shape index (κ3) is 4.33. The zero-order chi connectivity index (χ0) is 17.9. The Morgan fingerprint density at radius 1 is 1.31 bits per heavy atom. The maximum absolute atomic E-state index is 11.9. The predicted octanol–water partition coefficient (Wildman–Crippen LogP) is 3.05. The number of fused-ring (bicyclic) bond motifs is 1. The lowest BCUT2D eigenvalue weighted by molar-refractivity contribution is -0.121. The van der Waals surface area contributed by atoms with Gasteiger partial charge in [-0.05, 0) is 43.7 Å². The smallest absolute Gasteiger partial charge is 0.220 e. The van der Waals surface area contributed by atoms with E-state index in [1.165, 1.54) is 29.7 Å². The van der Waals surface area contributed by atoms with Gasteiger partial charge in [0.15, 0.2) is 0 Å². The summed E-state index contributed by atoms with van der Waals surface area (Å²) in [6, 6.07) is 11.2. The molecule has 1 saturated carbocycles. The molecule has 1 amide bonds. The molecule has 0 bridgehead atoms.